The fraction of sp³-hybridized carbons (Fsp3) is 0.583. The van der Waals surface area contributed by atoms with Crippen molar-refractivity contribution in [2.24, 2.45) is 5.10 Å². The van der Waals surface area contributed by atoms with Gasteiger partial charge in [-0.05, 0) is 60.6 Å². The number of hydrazone groups is 1. The van der Waals surface area contributed by atoms with Crippen LogP contribution < -0.4 is 0 Å². The van der Waals surface area contributed by atoms with Crippen molar-refractivity contribution in [3.63, 3.8) is 0 Å². The minimum absolute atomic E-state index is 0.0764. The third-order valence-electron chi connectivity index (χ3n) is 4.73. The molecule has 0 saturated heterocycles. The van der Waals surface area contributed by atoms with Crippen LogP contribution in [0.2, 0.25) is 0 Å². The van der Waals surface area contributed by atoms with Gasteiger partial charge in [-0.25, -0.2) is 14.6 Å². The molecule has 11 heteroatoms. The molecule has 0 fully saturated rings. The van der Waals surface area contributed by atoms with Gasteiger partial charge in [-0.1, -0.05) is 26.0 Å². The van der Waals surface area contributed by atoms with Crippen LogP contribution in [0, 0.1) is 0 Å². The van der Waals surface area contributed by atoms with Gasteiger partial charge in [-0.15, -0.1) is 5.06 Å². The van der Waals surface area contributed by atoms with Gasteiger partial charge in [-0.2, -0.15) is 5.10 Å². The Morgan fingerprint density at radius 2 is 1.54 bits per heavy atom. The summed E-state index contributed by atoms with van der Waals surface area (Å²) in [6.07, 6.45) is -2.26. The van der Waals surface area contributed by atoms with Gasteiger partial charge in [0.2, 0.25) is 5.54 Å². The maximum atomic E-state index is 13.3. The number of ether oxygens (including phenoxy) is 2. The first-order chi connectivity index (χ1) is 15.9. The minimum atomic E-state index is -1.87. The first-order valence-electron chi connectivity index (χ1n) is 11.2. The van der Waals surface area contributed by atoms with Crippen LogP contribution in [0.5, 0.6) is 0 Å². The number of likely N-dealkylation sites (N-methyl/N-ethyl adjacent to an activating group) is 1. The van der Waals surface area contributed by atoms with Crippen molar-refractivity contribution in [2.45, 2.75) is 89.2 Å². The Hall–Kier alpha value is -2.95. The van der Waals surface area contributed by atoms with Gasteiger partial charge < -0.3 is 9.47 Å². The summed E-state index contributed by atoms with van der Waals surface area (Å²) in [5.74, 6) is -0.628. The summed E-state index contributed by atoms with van der Waals surface area (Å²) in [6, 6.07) is 6.65. The van der Waals surface area contributed by atoms with Crippen LogP contribution in [0.3, 0.4) is 0 Å². The lowest BCUT2D eigenvalue weighted by molar-refractivity contribution is -0.176. The van der Waals surface area contributed by atoms with E-state index in [0.29, 0.717) is 15.5 Å². The zero-order valence-corrected chi connectivity index (χ0v) is 22.8. The summed E-state index contributed by atoms with van der Waals surface area (Å²) in [5.41, 5.74) is -3.12. The van der Waals surface area contributed by atoms with Crippen molar-refractivity contribution in [3.8, 4) is 0 Å². The average molecular weight is 510 g/mol. The van der Waals surface area contributed by atoms with E-state index in [1.54, 1.807) is 65.8 Å². The highest BCUT2D eigenvalue weighted by molar-refractivity contribution is 7.85. The summed E-state index contributed by atoms with van der Waals surface area (Å²) >= 11 is 0. The molecule has 1 heterocycles. The predicted octanol–water partition coefficient (Wildman–Crippen LogP) is 4.24. The van der Waals surface area contributed by atoms with E-state index in [1.807, 2.05) is 13.8 Å². The van der Waals surface area contributed by atoms with E-state index < -0.39 is 45.7 Å². The first-order valence-corrected chi connectivity index (χ1v) is 12.4. The fourth-order valence-electron chi connectivity index (χ4n) is 3.21. The van der Waals surface area contributed by atoms with E-state index in [0.717, 1.165) is 5.01 Å². The smallest absolute Gasteiger partial charge is 0.442 e. The molecule has 35 heavy (non-hydrogen) atoms. The van der Waals surface area contributed by atoms with Gasteiger partial charge in [-0.3, -0.25) is 13.8 Å². The Bertz CT molecular complexity index is 1040. The molecular weight excluding hydrogens is 474 g/mol. The second-order valence-corrected chi connectivity index (χ2v) is 12.6. The predicted molar refractivity (Wildman–Crippen MR) is 131 cm³/mol. The number of carbonyl (C=O) groups excluding carboxylic acids is 3. The Kier molecular flexibility index (Phi) is 8.05. The number of benzene rings is 1. The lowest BCUT2D eigenvalue weighted by Gasteiger charge is -2.36. The average Bonchev–Trinajstić information content (AvgIpc) is 2.93. The van der Waals surface area contributed by atoms with Crippen molar-refractivity contribution in [1.29, 1.82) is 0 Å². The molecule has 2 atom stereocenters. The lowest BCUT2D eigenvalue weighted by Crippen LogP contribution is -2.61. The minimum Gasteiger partial charge on any atom is -0.442 e. The lowest BCUT2D eigenvalue weighted by atomic mass is 9.90. The molecule has 0 aliphatic carbocycles. The molecule has 0 spiro atoms. The molecule has 2 amide bonds. The molecule has 1 aliphatic rings. The summed E-state index contributed by atoms with van der Waals surface area (Å²) in [4.78, 5) is 45.0. The zero-order chi connectivity index (χ0) is 26.9. The summed E-state index contributed by atoms with van der Waals surface area (Å²) in [6.45, 7) is 14.9. The third kappa shape index (κ3) is 6.59. The molecule has 0 radical (unpaired) electrons. The van der Waals surface area contributed by atoms with E-state index in [9.17, 15) is 18.6 Å². The largest absolute Gasteiger partial charge is 0.534 e. The first kappa shape index (κ1) is 28.3. The molecule has 10 nitrogen and oxygen atoms in total. The third-order valence-corrected chi connectivity index (χ3v) is 6.32. The second kappa shape index (κ2) is 9.96. The molecule has 1 aliphatic heterocycles. The normalized spacial score (nSPS) is 19.3. The molecular formula is C24H35N3O7S. The molecule has 1 aromatic carbocycles. The van der Waals surface area contributed by atoms with Gasteiger partial charge in [0.1, 0.15) is 16.9 Å². The molecule has 0 N–H and O–H groups in total. The van der Waals surface area contributed by atoms with Crippen LogP contribution in [0.15, 0.2) is 34.3 Å². The van der Waals surface area contributed by atoms with Crippen molar-refractivity contribution >= 4 is 34.7 Å². The van der Waals surface area contributed by atoms with Gasteiger partial charge in [0.05, 0.1) is 10.8 Å². The quantitative estimate of drug-likeness (QED) is 0.440. The molecule has 0 bridgehead atoms. The Morgan fingerprint density at radius 1 is 1.03 bits per heavy atom. The van der Waals surface area contributed by atoms with E-state index in [2.05, 4.69) is 5.10 Å². The molecule has 0 saturated carbocycles. The number of rotatable bonds is 4. The van der Waals surface area contributed by atoms with Crippen LogP contribution in [0.25, 0.3) is 0 Å². The van der Waals surface area contributed by atoms with E-state index in [4.69, 9.17) is 14.3 Å². The zero-order valence-electron chi connectivity index (χ0n) is 22.0. The number of hydrogen-bond donors (Lipinski definition) is 0. The number of hydroxylamine groups is 2. The molecule has 2 rings (SSSR count). The summed E-state index contributed by atoms with van der Waals surface area (Å²) < 4.78 is 23.1. The van der Waals surface area contributed by atoms with Gasteiger partial charge >= 0.3 is 12.2 Å². The van der Waals surface area contributed by atoms with Crippen LogP contribution >= 0.6 is 0 Å². The second-order valence-electron chi connectivity index (χ2n) is 10.6. The van der Waals surface area contributed by atoms with Gasteiger partial charge in [0.25, 0.3) is 5.91 Å². The molecule has 2 unspecified atom stereocenters. The SMILES string of the molecule is CC(C)S(=O)c1ccc(C2=NN(C)C(=O)C2(C)N(OC(=O)OC(C)(C)C)C(=O)OC(C)(C)C)cc1. The highest BCUT2D eigenvalue weighted by atomic mass is 32.2. The number of amides is 2. The van der Waals surface area contributed by atoms with Crippen LogP contribution in [0.4, 0.5) is 9.59 Å². The Labute approximate surface area is 209 Å². The summed E-state index contributed by atoms with van der Waals surface area (Å²) in [7, 11) is 0.216. The van der Waals surface area contributed by atoms with Crippen molar-refractivity contribution in [1.82, 2.24) is 10.1 Å². The number of carbonyl (C=O) groups is 3. The van der Waals surface area contributed by atoms with Gasteiger partial charge in [0.15, 0.2) is 0 Å². The van der Waals surface area contributed by atoms with E-state index in [1.165, 1.54) is 14.0 Å². The number of hydrogen-bond acceptors (Lipinski definition) is 8. The molecule has 194 valence electrons. The van der Waals surface area contributed by atoms with E-state index in [-0.39, 0.29) is 11.0 Å². The maximum Gasteiger partial charge on any atom is 0.534 e. The maximum absolute atomic E-state index is 13.3. The van der Waals surface area contributed by atoms with Gasteiger partial charge in [0, 0.05) is 22.8 Å². The standard InChI is InChI=1S/C24H35N3O7S/c1-15(2)35(31)17-13-11-16(12-14-17)18-24(9,19(28)26(10)25-18)27(20(29)32-22(3,4)5)34-21(30)33-23(6,7)8/h11-15H,1-10H3. The highest BCUT2D eigenvalue weighted by Gasteiger charge is 2.57. The van der Waals surface area contributed by atoms with Crippen molar-refractivity contribution < 1.29 is 32.9 Å². The van der Waals surface area contributed by atoms with Crippen molar-refractivity contribution in [2.75, 3.05) is 7.05 Å². The topological polar surface area (TPSA) is 115 Å². The summed E-state index contributed by atoms with van der Waals surface area (Å²) in [5, 5.41) is 5.88. The van der Waals surface area contributed by atoms with Crippen molar-refractivity contribution in [3.05, 3.63) is 29.8 Å². The Balaban J connectivity index is 2.56. The van der Waals surface area contributed by atoms with Crippen LogP contribution in [0.1, 0.15) is 67.9 Å². The number of nitrogens with zero attached hydrogens (tertiary/aromatic N) is 3. The highest BCUT2D eigenvalue weighted by Crippen LogP contribution is 2.32. The van der Waals surface area contributed by atoms with E-state index >= 15 is 0 Å². The van der Waals surface area contributed by atoms with Crippen LogP contribution in [-0.2, 0) is 29.9 Å². The molecule has 0 aromatic heterocycles. The fourth-order valence-corrected chi connectivity index (χ4v) is 4.16. The monoisotopic (exact) mass is 509 g/mol. The van der Waals surface area contributed by atoms with Crippen LogP contribution in [-0.4, -0.2) is 67.2 Å². The molecule has 1 aromatic rings. The Morgan fingerprint density at radius 3 is 2.00 bits per heavy atom.